The van der Waals surface area contributed by atoms with E-state index in [1.54, 1.807) is 18.2 Å². The summed E-state index contributed by atoms with van der Waals surface area (Å²) in [6.07, 6.45) is 1.31. The van der Waals surface area contributed by atoms with E-state index in [1.165, 1.54) is 10.8 Å². The molecule has 18 heavy (non-hydrogen) atoms. The fraction of sp³-hybridized carbons (Fsp3) is 0.0909. The van der Waals surface area contributed by atoms with Crippen molar-refractivity contribution in [3.63, 3.8) is 0 Å². The molecule has 94 valence electrons. The Balaban J connectivity index is 2.43. The van der Waals surface area contributed by atoms with Crippen LogP contribution in [0.5, 0.6) is 0 Å². The van der Waals surface area contributed by atoms with Crippen molar-refractivity contribution in [2.24, 2.45) is 0 Å². The number of halogens is 2. The van der Waals surface area contributed by atoms with E-state index >= 15 is 0 Å². The van der Waals surface area contributed by atoms with Crippen molar-refractivity contribution in [2.45, 2.75) is 6.54 Å². The SMILES string of the molecule is Nc1ccc(Cn2cc(Cl)c(=O)[nH]c2=O)c(Br)c1. The summed E-state index contributed by atoms with van der Waals surface area (Å²) in [4.78, 5) is 24.9. The Morgan fingerprint density at radius 3 is 2.78 bits per heavy atom. The van der Waals surface area contributed by atoms with Gasteiger partial charge < -0.3 is 5.73 Å². The number of nitrogens with one attached hydrogen (secondary N) is 1. The number of nitrogen functional groups attached to an aromatic ring is 1. The molecule has 1 aromatic heterocycles. The molecule has 3 N–H and O–H groups in total. The van der Waals surface area contributed by atoms with Gasteiger partial charge in [-0.15, -0.1) is 0 Å². The number of aromatic amines is 1. The molecule has 0 spiro atoms. The molecule has 1 aromatic carbocycles. The number of hydrogen-bond donors (Lipinski definition) is 2. The highest BCUT2D eigenvalue weighted by molar-refractivity contribution is 9.10. The van der Waals surface area contributed by atoms with E-state index in [0.29, 0.717) is 5.69 Å². The maximum Gasteiger partial charge on any atom is 0.328 e. The van der Waals surface area contributed by atoms with Gasteiger partial charge in [0, 0.05) is 16.4 Å². The van der Waals surface area contributed by atoms with Crippen LogP contribution >= 0.6 is 27.5 Å². The Labute approximate surface area is 115 Å². The molecule has 0 radical (unpaired) electrons. The second-order valence-electron chi connectivity index (χ2n) is 3.72. The Bertz CT molecular complexity index is 708. The Hall–Kier alpha value is -1.53. The second-order valence-corrected chi connectivity index (χ2v) is 4.98. The molecule has 0 aliphatic heterocycles. The molecule has 1 heterocycles. The fourth-order valence-corrected chi connectivity index (χ4v) is 2.16. The van der Waals surface area contributed by atoms with Crippen LogP contribution in [-0.2, 0) is 6.54 Å². The van der Waals surface area contributed by atoms with Crippen LogP contribution in [0.25, 0.3) is 0 Å². The van der Waals surface area contributed by atoms with Crippen molar-refractivity contribution >= 4 is 33.2 Å². The third-order valence-electron chi connectivity index (χ3n) is 2.39. The molecule has 0 unspecified atom stereocenters. The van der Waals surface area contributed by atoms with E-state index < -0.39 is 11.2 Å². The molecule has 0 saturated carbocycles. The van der Waals surface area contributed by atoms with Gasteiger partial charge >= 0.3 is 5.69 Å². The third kappa shape index (κ3) is 2.65. The average Bonchev–Trinajstić information content (AvgIpc) is 2.29. The fourth-order valence-electron chi connectivity index (χ4n) is 1.48. The lowest BCUT2D eigenvalue weighted by Gasteiger charge is -2.08. The van der Waals surface area contributed by atoms with Crippen molar-refractivity contribution in [3.05, 3.63) is 60.3 Å². The van der Waals surface area contributed by atoms with Crippen LogP contribution in [0.2, 0.25) is 5.02 Å². The summed E-state index contributed by atoms with van der Waals surface area (Å²) in [6.45, 7) is 0.288. The lowest BCUT2D eigenvalue weighted by atomic mass is 10.2. The van der Waals surface area contributed by atoms with Gasteiger partial charge in [-0.25, -0.2) is 4.79 Å². The standard InChI is InChI=1S/C11H9BrClN3O2/c12-8-3-7(14)2-1-6(8)4-16-5-9(13)10(17)15-11(16)18/h1-3,5H,4,14H2,(H,15,17,18). The quantitative estimate of drug-likeness (QED) is 0.820. The summed E-state index contributed by atoms with van der Waals surface area (Å²) in [5.41, 5.74) is 6.01. The van der Waals surface area contributed by atoms with E-state index in [1.807, 2.05) is 0 Å². The van der Waals surface area contributed by atoms with Crippen molar-refractivity contribution in [2.75, 3.05) is 5.73 Å². The molecule has 0 bridgehead atoms. The molecular formula is C11H9BrClN3O2. The first-order valence-electron chi connectivity index (χ1n) is 5.00. The van der Waals surface area contributed by atoms with Crippen LogP contribution in [0.4, 0.5) is 5.69 Å². The first kappa shape index (κ1) is 12.9. The third-order valence-corrected chi connectivity index (χ3v) is 3.39. The van der Waals surface area contributed by atoms with Crippen molar-refractivity contribution in [1.29, 1.82) is 0 Å². The van der Waals surface area contributed by atoms with Crippen LogP contribution in [0.15, 0.2) is 38.5 Å². The topological polar surface area (TPSA) is 80.9 Å². The van der Waals surface area contributed by atoms with E-state index in [9.17, 15) is 9.59 Å². The van der Waals surface area contributed by atoms with E-state index in [0.717, 1.165) is 10.0 Å². The Kier molecular flexibility index (Phi) is 3.58. The molecule has 7 heteroatoms. The summed E-state index contributed by atoms with van der Waals surface area (Å²) in [5.74, 6) is 0. The minimum atomic E-state index is -0.589. The Morgan fingerprint density at radius 1 is 1.39 bits per heavy atom. The number of rotatable bonds is 2. The first-order valence-corrected chi connectivity index (χ1v) is 6.17. The molecule has 5 nitrogen and oxygen atoms in total. The zero-order valence-corrected chi connectivity index (χ0v) is 11.5. The number of anilines is 1. The predicted molar refractivity (Wildman–Crippen MR) is 74.0 cm³/mol. The number of benzene rings is 1. The summed E-state index contributed by atoms with van der Waals surface area (Å²) >= 11 is 9.04. The Morgan fingerprint density at radius 2 is 2.11 bits per heavy atom. The first-order chi connectivity index (χ1) is 8.47. The minimum absolute atomic E-state index is 0.0267. The minimum Gasteiger partial charge on any atom is -0.399 e. The molecule has 2 aromatic rings. The van der Waals surface area contributed by atoms with Gasteiger partial charge in [0.15, 0.2) is 0 Å². The normalized spacial score (nSPS) is 10.6. The highest BCUT2D eigenvalue weighted by Crippen LogP contribution is 2.20. The molecule has 0 saturated heterocycles. The molecule has 0 fully saturated rings. The van der Waals surface area contributed by atoms with Crippen LogP contribution in [0, 0.1) is 0 Å². The molecular weight excluding hydrogens is 321 g/mol. The van der Waals surface area contributed by atoms with Crippen LogP contribution in [0.1, 0.15) is 5.56 Å². The van der Waals surface area contributed by atoms with Crippen molar-refractivity contribution in [1.82, 2.24) is 9.55 Å². The van der Waals surface area contributed by atoms with Gasteiger partial charge in [-0.2, -0.15) is 0 Å². The van der Waals surface area contributed by atoms with Gasteiger partial charge in [0.05, 0.1) is 6.54 Å². The lowest BCUT2D eigenvalue weighted by Crippen LogP contribution is -2.30. The van der Waals surface area contributed by atoms with Crippen LogP contribution < -0.4 is 17.0 Å². The van der Waals surface area contributed by atoms with Crippen LogP contribution in [-0.4, -0.2) is 9.55 Å². The van der Waals surface area contributed by atoms with E-state index in [4.69, 9.17) is 17.3 Å². The molecule has 2 rings (SSSR count). The smallest absolute Gasteiger partial charge is 0.328 e. The maximum atomic E-state index is 11.6. The predicted octanol–water partition coefficient (Wildman–Crippen LogP) is 1.58. The van der Waals surface area contributed by atoms with Gasteiger partial charge in [-0.3, -0.25) is 14.3 Å². The monoisotopic (exact) mass is 329 g/mol. The maximum absolute atomic E-state index is 11.6. The van der Waals surface area contributed by atoms with Gasteiger partial charge in [0.25, 0.3) is 5.56 Å². The number of nitrogens with two attached hydrogens (primary N) is 1. The summed E-state index contributed by atoms with van der Waals surface area (Å²) in [5, 5.41) is -0.0267. The highest BCUT2D eigenvalue weighted by Gasteiger charge is 2.05. The van der Waals surface area contributed by atoms with Gasteiger partial charge in [-0.1, -0.05) is 33.6 Å². The summed E-state index contributed by atoms with van der Waals surface area (Å²) in [6, 6.07) is 5.27. The van der Waals surface area contributed by atoms with Gasteiger partial charge in [0.2, 0.25) is 0 Å². The van der Waals surface area contributed by atoms with Crippen LogP contribution in [0.3, 0.4) is 0 Å². The molecule has 0 amide bonds. The van der Waals surface area contributed by atoms with E-state index in [-0.39, 0.29) is 11.6 Å². The van der Waals surface area contributed by atoms with Gasteiger partial charge in [-0.05, 0) is 17.7 Å². The molecule has 0 atom stereocenters. The summed E-state index contributed by atoms with van der Waals surface area (Å²) in [7, 11) is 0. The molecule has 0 aliphatic rings. The molecule has 0 aliphatic carbocycles. The van der Waals surface area contributed by atoms with Crippen molar-refractivity contribution in [3.8, 4) is 0 Å². The second kappa shape index (κ2) is 4.99. The number of aromatic nitrogens is 2. The number of nitrogens with zero attached hydrogens (tertiary/aromatic N) is 1. The zero-order valence-electron chi connectivity index (χ0n) is 9.11. The van der Waals surface area contributed by atoms with Gasteiger partial charge in [0.1, 0.15) is 5.02 Å². The summed E-state index contributed by atoms with van der Waals surface area (Å²) < 4.78 is 2.11. The number of hydrogen-bond acceptors (Lipinski definition) is 3. The lowest BCUT2D eigenvalue weighted by molar-refractivity contribution is 0.719. The van der Waals surface area contributed by atoms with E-state index in [2.05, 4.69) is 20.9 Å². The van der Waals surface area contributed by atoms with Crippen molar-refractivity contribution < 1.29 is 0 Å². The highest BCUT2D eigenvalue weighted by atomic mass is 79.9. The average molecular weight is 331 g/mol. The zero-order chi connectivity index (χ0) is 13.3. The number of H-pyrrole nitrogens is 1. The largest absolute Gasteiger partial charge is 0.399 e.